The predicted molar refractivity (Wildman–Crippen MR) is 89.8 cm³/mol. The molecule has 20 heavy (non-hydrogen) atoms. The third-order valence-corrected chi connectivity index (χ3v) is 4.67. The van der Waals surface area contributed by atoms with Crippen LogP contribution in [0.25, 0.3) is 31.3 Å². The summed E-state index contributed by atoms with van der Waals surface area (Å²) in [6.07, 6.45) is 0. The second kappa shape index (κ2) is 4.62. The zero-order valence-corrected chi connectivity index (χ0v) is 11.8. The first-order valence-electron chi connectivity index (χ1n) is 8.58. The lowest BCUT2D eigenvalue weighted by Crippen LogP contribution is -1.76. The Morgan fingerprint density at radius 2 is 1.80 bits per heavy atom. The van der Waals surface area contributed by atoms with Crippen LogP contribution in [0, 0.1) is 0 Å². The van der Waals surface area contributed by atoms with Gasteiger partial charge in [-0.05, 0) is 23.3 Å². The highest BCUT2D eigenvalue weighted by molar-refractivity contribution is 7.26. The number of fused-ring (bicyclic) bond motifs is 3. The van der Waals surface area contributed by atoms with Crippen molar-refractivity contribution in [3.63, 3.8) is 0 Å². The van der Waals surface area contributed by atoms with Crippen LogP contribution in [0.3, 0.4) is 0 Å². The monoisotopic (exact) mass is 299 g/mol. The third-order valence-electron chi connectivity index (χ3n) is 3.23. The molecule has 0 aliphatic rings. The summed E-state index contributed by atoms with van der Waals surface area (Å²) < 4.78 is 41.9. The molecule has 3 aromatic carbocycles. The van der Waals surface area contributed by atoms with E-state index in [2.05, 4.69) is 0 Å². The topological polar surface area (TPSA) is 0 Å². The summed E-state index contributed by atoms with van der Waals surface area (Å²) >= 11 is 7.60. The normalized spacial score (nSPS) is 14.8. The Morgan fingerprint density at radius 3 is 2.65 bits per heavy atom. The maximum atomic E-state index is 8.23. The predicted octanol–water partition coefficient (Wildman–Crippen LogP) is 6.37. The minimum absolute atomic E-state index is 0.186. The molecule has 0 saturated heterocycles. The van der Waals surface area contributed by atoms with E-state index in [9.17, 15) is 0 Å². The summed E-state index contributed by atoms with van der Waals surface area (Å²) in [5.41, 5.74) is 0.876. The largest absolute Gasteiger partial charge is 0.134 e. The van der Waals surface area contributed by atoms with Gasteiger partial charge in [0.1, 0.15) is 0 Å². The lowest BCUT2D eigenvalue weighted by atomic mass is 10.0. The highest BCUT2D eigenvalue weighted by Crippen LogP contribution is 2.40. The summed E-state index contributed by atoms with van der Waals surface area (Å²) in [5, 5.41) is 2.67. The van der Waals surface area contributed by atoms with Crippen LogP contribution >= 0.6 is 22.9 Å². The van der Waals surface area contributed by atoms with Gasteiger partial charge in [-0.3, -0.25) is 0 Å². The van der Waals surface area contributed by atoms with E-state index in [1.54, 1.807) is 6.07 Å². The van der Waals surface area contributed by atoms with Gasteiger partial charge in [0.2, 0.25) is 0 Å². The Bertz CT molecular complexity index is 1140. The molecule has 96 valence electrons. The number of rotatable bonds is 1. The lowest BCUT2D eigenvalue weighted by Gasteiger charge is -2.02. The highest BCUT2D eigenvalue weighted by Gasteiger charge is 2.09. The molecule has 0 atom stereocenters. The molecule has 0 amide bonds. The minimum atomic E-state index is -0.381. The first-order valence-corrected chi connectivity index (χ1v) is 7.27. The van der Waals surface area contributed by atoms with Gasteiger partial charge in [-0.2, -0.15) is 0 Å². The van der Waals surface area contributed by atoms with Crippen molar-refractivity contribution < 1.29 is 6.85 Å². The molecular weight excluding hydrogens is 284 g/mol. The Labute approximate surface area is 133 Å². The summed E-state index contributed by atoms with van der Waals surface area (Å²) in [5.74, 6) is 0. The molecular formula is C18H11ClS. The van der Waals surface area contributed by atoms with Gasteiger partial charge in [0.05, 0.1) is 6.85 Å². The molecule has 0 saturated carbocycles. The molecule has 1 aromatic heterocycles. The van der Waals surface area contributed by atoms with Gasteiger partial charge in [0.25, 0.3) is 0 Å². The van der Waals surface area contributed by atoms with Crippen molar-refractivity contribution >= 4 is 43.1 Å². The number of hydrogen-bond donors (Lipinski definition) is 0. The molecule has 0 nitrogen and oxygen atoms in total. The van der Waals surface area contributed by atoms with E-state index >= 15 is 0 Å². The Morgan fingerprint density at radius 1 is 0.950 bits per heavy atom. The molecule has 0 aliphatic heterocycles. The molecule has 0 bridgehead atoms. The number of benzene rings is 3. The summed E-state index contributed by atoms with van der Waals surface area (Å²) in [4.78, 5) is 0. The fraction of sp³-hybridized carbons (Fsp3) is 0. The van der Waals surface area contributed by atoms with Gasteiger partial charge in [-0.15, -0.1) is 11.3 Å². The second-order valence-electron chi connectivity index (χ2n) is 4.42. The van der Waals surface area contributed by atoms with Crippen molar-refractivity contribution in [2.75, 3.05) is 0 Å². The second-order valence-corrected chi connectivity index (χ2v) is 5.91. The van der Waals surface area contributed by atoms with Crippen molar-refractivity contribution in [1.29, 1.82) is 0 Å². The summed E-state index contributed by atoms with van der Waals surface area (Å²) in [7, 11) is 0. The molecule has 0 N–H and O–H groups in total. The molecule has 0 spiro atoms. The van der Waals surface area contributed by atoms with Gasteiger partial charge in [-0.25, -0.2) is 0 Å². The van der Waals surface area contributed by atoms with Crippen LogP contribution in [0.5, 0.6) is 0 Å². The van der Waals surface area contributed by atoms with Crippen LogP contribution in [-0.4, -0.2) is 0 Å². The maximum absolute atomic E-state index is 8.23. The molecule has 1 heterocycles. The van der Waals surface area contributed by atoms with E-state index in [0.29, 0.717) is 10.6 Å². The van der Waals surface area contributed by atoms with E-state index in [1.807, 2.05) is 30.3 Å². The average molecular weight is 300 g/mol. The first kappa shape index (κ1) is 7.82. The average Bonchev–Trinajstić information content (AvgIpc) is 2.96. The third kappa shape index (κ3) is 1.82. The Hall–Kier alpha value is -1.83. The zero-order chi connectivity index (χ0) is 17.9. The quantitative estimate of drug-likeness (QED) is 0.383. The lowest BCUT2D eigenvalue weighted by molar-refractivity contribution is 1.67. The van der Waals surface area contributed by atoms with Crippen LogP contribution in [0.2, 0.25) is 5.02 Å². The molecule has 0 unspecified atom stereocenters. The highest BCUT2D eigenvalue weighted by atomic mass is 35.5. The van der Waals surface area contributed by atoms with Crippen LogP contribution in [0.1, 0.15) is 6.85 Å². The summed E-state index contributed by atoms with van der Waals surface area (Å²) in [6.45, 7) is 0. The van der Waals surface area contributed by atoms with Gasteiger partial charge >= 0.3 is 0 Å². The first-order chi connectivity index (χ1) is 11.9. The van der Waals surface area contributed by atoms with Crippen molar-refractivity contribution in [3.8, 4) is 11.1 Å². The van der Waals surface area contributed by atoms with Crippen LogP contribution in [0.15, 0.2) is 66.6 Å². The van der Waals surface area contributed by atoms with Crippen LogP contribution in [0.4, 0.5) is 0 Å². The fourth-order valence-electron chi connectivity index (χ4n) is 2.35. The smallest absolute Gasteiger partial charge is 0.0629 e. The number of hydrogen-bond acceptors (Lipinski definition) is 1. The molecule has 4 rings (SSSR count). The molecule has 2 heteroatoms. The van der Waals surface area contributed by atoms with E-state index < -0.39 is 0 Å². The maximum Gasteiger partial charge on any atom is 0.0629 e. The molecule has 0 fully saturated rings. The van der Waals surface area contributed by atoms with Crippen molar-refractivity contribution in [3.05, 3.63) is 71.6 Å². The Balaban J connectivity index is 2.14. The van der Waals surface area contributed by atoms with E-state index in [-0.39, 0.29) is 35.8 Å². The van der Waals surface area contributed by atoms with E-state index in [0.717, 1.165) is 20.2 Å². The standard InChI is InChI=1S/C18H11ClS/c19-13-9-10-15-16-8-4-7-14(12-5-2-1-3-6-12)18(16)20-17(15)11-13/h1-11H/i1D,2D,3D,5D,6D. The molecule has 0 aliphatic carbocycles. The number of thiophene rings is 1. The van der Waals surface area contributed by atoms with Gasteiger partial charge < -0.3 is 0 Å². The number of halogens is 1. The zero-order valence-electron chi connectivity index (χ0n) is 15.3. The van der Waals surface area contributed by atoms with Crippen molar-refractivity contribution in [2.24, 2.45) is 0 Å². The minimum Gasteiger partial charge on any atom is -0.134 e. The fourth-order valence-corrected chi connectivity index (χ4v) is 3.85. The molecule has 0 radical (unpaired) electrons. The van der Waals surface area contributed by atoms with Crippen LogP contribution in [-0.2, 0) is 0 Å². The van der Waals surface area contributed by atoms with Gasteiger partial charge in [0, 0.05) is 25.2 Å². The Kier molecular flexibility index (Phi) is 1.81. The van der Waals surface area contributed by atoms with E-state index in [1.165, 1.54) is 11.3 Å². The van der Waals surface area contributed by atoms with Gasteiger partial charge in [-0.1, -0.05) is 66.1 Å². The molecule has 4 aromatic rings. The van der Waals surface area contributed by atoms with E-state index in [4.69, 9.17) is 18.5 Å². The summed E-state index contributed by atoms with van der Waals surface area (Å²) in [6, 6.07) is 9.88. The van der Waals surface area contributed by atoms with Crippen LogP contribution < -0.4 is 0 Å². The van der Waals surface area contributed by atoms with Crippen molar-refractivity contribution in [2.45, 2.75) is 0 Å². The van der Waals surface area contributed by atoms with Crippen molar-refractivity contribution in [1.82, 2.24) is 0 Å². The van der Waals surface area contributed by atoms with Gasteiger partial charge in [0.15, 0.2) is 0 Å². The SMILES string of the molecule is [2H]c1c([2H])c([2H])c(-c2cccc3c2sc2cc(Cl)ccc23)c([2H])c1[2H].